The van der Waals surface area contributed by atoms with Crippen LogP contribution >= 0.6 is 11.8 Å². The van der Waals surface area contributed by atoms with Gasteiger partial charge in [-0.1, -0.05) is 19.1 Å². The van der Waals surface area contributed by atoms with Gasteiger partial charge in [0, 0.05) is 10.5 Å². The van der Waals surface area contributed by atoms with E-state index in [-0.39, 0.29) is 5.56 Å². The van der Waals surface area contributed by atoms with Gasteiger partial charge in [-0.3, -0.25) is 0 Å². The van der Waals surface area contributed by atoms with Gasteiger partial charge in [0.1, 0.15) is 5.82 Å². The molecular weight excluding hydrogens is 263 g/mol. The van der Waals surface area contributed by atoms with E-state index in [0.717, 1.165) is 10.6 Å². The number of carboxylic acids is 1. The second-order valence-electron chi connectivity index (χ2n) is 3.96. The molecular formula is C15H13FO2S. The largest absolute Gasteiger partial charge is 0.478 e. The summed E-state index contributed by atoms with van der Waals surface area (Å²) in [6, 6.07) is 11.3. The molecule has 0 amide bonds. The minimum Gasteiger partial charge on any atom is -0.478 e. The van der Waals surface area contributed by atoms with Crippen LogP contribution in [0.25, 0.3) is 11.1 Å². The second kappa shape index (κ2) is 5.89. The van der Waals surface area contributed by atoms with Crippen LogP contribution in [0.2, 0.25) is 0 Å². The second-order valence-corrected chi connectivity index (χ2v) is 5.29. The number of aromatic carboxylic acids is 1. The van der Waals surface area contributed by atoms with Gasteiger partial charge >= 0.3 is 5.97 Å². The first-order valence-electron chi connectivity index (χ1n) is 5.88. The van der Waals surface area contributed by atoms with E-state index >= 15 is 0 Å². The van der Waals surface area contributed by atoms with Crippen LogP contribution in [0.15, 0.2) is 47.4 Å². The van der Waals surface area contributed by atoms with E-state index in [4.69, 9.17) is 5.11 Å². The molecule has 2 aromatic carbocycles. The summed E-state index contributed by atoms with van der Waals surface area (Å²) in [4.78, 5) is 12.0. The van der Waals surface area contributed by atoms with Gasteiger partial charge in [0.05, 0.1) is 5.56 Å². The monoisotopic (exact) mass is 276 g/mol. The van der Waals surface area contributed by atoms with Crippen LogP contribution in [0.3, 0.4) is 0 Å². The van der Waals surface area contributed by atoms with Crippen LogP contribution in [0.4, 0.5) is 4.39 Å². The van der Waals surface area contributed by atoms with E-state index in [2.05, 4.69) is 6.92 Å². The predicted molar refractivity (Wildman–Crippen MR) is 75.2 cm³/mol. The molecule has 2 rings (SSSR count). The van der Waals surface area contributed by atoms with Crippen molar-refractivity contribution in [3.63, 3.8) is 0 Å². The van der Waals surface area contributed by atoms with Gasteiger partial charge in [-0.05, 0) is 41.6 Å². The molecule has 0 bridgehead atoms. The van der Waals surface area contributed by atoms with Gasteiger partial charge in [0.15, 0.2) is 0 Å². The molecule has 2 nitrogen and oxygen atoms in total. The van der Waals surface area contributed by atoms with Gasteiger partial charge in [0.25, 0.3) is 0 Å². The summed E-state index contributed by atoms with van der Waals surface area (Å²) in [7, 11) is 0. The van der Waals surface area contributed by atoms with Crippen LogP contribution < -0.4 is 0 Å². The Morgan fingerprint density at radius 1 is 1.21 bits per heavy atom. The standard InChI is InChI=1S/C15H13FO2S/c1-2-19-12-6-3-10(4-7-12)13-9-11(15(17)18)5-8-14(13)16/h3-9H,2H2,1H3,(H,17,18). The minimum atomic E-state index is -1.06. The van der Waals surface area contributed by atoms with Crippen molar-refractivity contribution in [1.29, 1.82) is 0 Å². The van der Waals surface area contributed by atoms with Crippen LogP contribution in [-0.2, 0) is 0 Å². The highest BCUT2D eigenvalue weighted by molar-refractivity contribution is 7.99. The first kappa shape index (κ1) is 13.6. The zero-order valence-electron chi connectivity index (χ0n) is 10.4. The van der Waals surface area contributed by atoms with E-state index < -0.39 is 11.8 Å². The predicted octanol–water partition coefficient (Wildman–Crippen LogP) is 4.30. The van der Waals surface area contributed by atoms with E-state index in [9.17, 15) is 9.18 Å². The van der Waals surface area contributed by atoms with Gasteiger partial charge in [0.2, 0.25) is 0 Å². The average molecular weight is 276 g/mol. The first-order chi connectivity index (χ1) is 9.11. The van der Waals surface area contributed by atoms with Crippen LogP contribution in [0.5, 0.6) is 0 Å². The van der Waals surface area contributed by atoms with Gasteiger partial charge in [-0.15, -0.1) is 11.8 Å². The Bertz CT molecular complexity index is 594. The normalized spacial score (nSPS) is 10.4. The summed E-state index contributed by atoms with van der Waals surface area (Å²) in [5.74, 6) is -0.498. The molecule has 0 fully saturated rings. The first-order valence-corrected chi connectivity index (χ1v) is 6.86. The average Bonchev–Trinajstić information content (AvgIpc) is 2.40. The molecule has 1 N–H and O–H groups in total. The summed E-state index contributed by atoms with van der Waals surface area (Å²) >= 11 is 1.70. The number of thioether (sulfide) groups is 1. The molecule has 19 heavy (non-hydrogen) atoms. The Balaban J connectivity index is 2.40. The van der Waals surface area contributed by atoms with Crippen molar-refractivity contribution in [2.75, 3.05) is 5.75 Å². The topological polar surface area (TPSA) is 37.3 Å². The minimum absolute atomic E-state index is 0.0865. The highest BCUT2D eigenvalue weighted by atomic mass is 32.2. The lowest BCUT2D eigenvalue weighted by molar-refractivity contribution is 0.0697. The van der Waals surface area contributed by atoms with Crippen molar-refractivity contribution in [1.82, 2.24) is 0 Å². The Kier molecular flexibility index (Phi) is 4.22. The molecule has 0 aromatic heterocycles. The maximum absolute atomic E-state index is 13.8. The molecule has 98 valence electrons. The lowest BCUT2D eigenvalue weighted by Gasteiger charge is -2.06. The highest BCUT2D eigenvalue weighted by Crippen LogP contribution is 2.27. The van der Waals surface area contributed by atoms with Crippen LogP contribution in [-0.4, -0.2) is 16.8 Å². The molecule has 0 unspecified atom stereocenters. The van der Waals surface area contributed by atoms with Gasteiger partial charge < -0.3 is 5.11 Å². The molecule has 0 saturated heterocycles. The fourth-order valence-electron chi connectivity index (χ4n) is 1.78. The summed E-state index contributed by atoms with van der Waals surface area (Å²) in [5, 5.41) is 8.94. The third-order valence-electron chi connectivity index (χ3n) is 2.69. The fraction of sp³-hybridized carbons (Fsp3) is 0.133. The van der Waals surface area contributed by atoms with Crippen LogP contribution in [0.1, 0.15) is 17.3 Å². The number of carboxylic acid groups (broad SMARTS) is 1. The lowest BCUT2D eigenvalue weighted by Crippen LogP contribution is -1.97. The molecule has 0 aliphatic rings. The zero-order chi connectivity index (χ0) is 13.8. The van der Waals surface area contributed by atoms with Crippen molar-refractivity contribution in [3.8, 4) is 11.1 Å². The molecule has 0 atom stereocenters. The zero-order valence-corrected chi connectivity index (χ0v) is 11.2. The van der Waals surface area contributed by atoms with E-state index in [0.29, 0.717) is 11.1 Å². The number of carbonyl (C=O) groups is 1. The Labute approximate surface area is 115 Å². The molecule has 0 aliphatic carbocycles. The van der Waals surface area contributed by atoms with Gasteiger partial charge in [-0.2, -0.15) is 0 Å². The van der Waals surface area contributed by atoms with Gasteiger partial charge in [-0.25, -0.2) is 9.18 Å². The maximum Gasteiger partial charge on any atom is 0.335 e. The molecule has 4 heteroatoms. The number of hydrogen-bond donors (Lipinski definition) is 1. The summed E-state index contributed by atoms with van der Waals surface area (Å²) in [5.41, 5.74) is 1.08. The Morgan fingerprint density at radius 3 is 2.47 bits per heavy atom. The molecule has 0 spiro atoms. The molecule has 0 heterocycles. The van der Waals surface area contributed by atoms with E-state index in [1.54, 1.807) is 11.8 Å². The molecule has 0 radical (unpaired) electrons. The Hall–Kier alpha value is -1.81. The number of halogens is 1. The van der Waals surface area contributed by atoms with Crippen molar-refractivity contribution < 1.29 is 14.3 Å². The summed E-state index contributed by atoms with van der Waals surface area (Å²) in [6.45, 7) is 2.06. The Morgan fingerprint density at radius 2 is 1.89 bits per heavy atom. The molecule has 0 saturated carbocycles. The van der Waals surface area contributed by atoms with Crippen molar-refractivity contribution in [3.05, 3.63) is 53.8 Å². The number of rotatable bonds is 4. The fourth-order valence-corrected chi connectivity index (χ4v) is 2.44. The third-order valence-corrected chi connectivity index (χ3v) is 3.58. The van der Waals surface area contributed by atoms with Crippen molar-refractivity contribution >= 4 is 17.7 Å². The van der Waals surface area contributed by atoms with Crippen molar-refractivity contribution in [2.24, 2.45) is 0 Å². The SMILES string of the molecule is CCSc1ccc(-c2cc(C(=O)O)ccc2F)cc1. The summed E-state index contributed by atoms with van der Waals surface area (Å²) < 4.78 is 13.8. The molecule has 0 aliphatic heterocycles. The number of benzene rings is 2. The molecule has 2 aromatic rings. The smallest absolute Gasteiger partial charge is 0.335 e. The lowest BCUT2D eigenvalue weighted by atomic mass is 10.0. The maximum atomic E-state index is 13.8. The van der Waals surface area contributed by atoms with E-state index in [1.165, 1.54) is 18.2 Å². The third kappa shape index (κ3) is 3.15. The highest BCUT2D eigenvalue weighted by Gasteiger charge is 2.10. The van der Waals surface area contributed by atoms with E-state index in [1.807, 2.05) is 24.3 Å². The van der Waals surface area contributed by atoms with Crippen LogP contribution in [0, 0.1) is 5.82 Å². The number of hydrogen-bond acceptors (Lipinski definition) is 2. The van der Waals surface area contributed by atoms with Crippen molar-refractivity contribution in [2.45, 2.75) is 11.8 Å². The summed E-state index contributed by atoms with van der Waals surface area (Å²) in [6.07, 6.45) is 0. The quantitative estimate of drug-likeness (QED) is 0.846.